The van der Waals surface area contributed by atoms with Crippen LogP contribution in [0.2, 0.25) is 0 Å². The van der Waals surface area contributed by atoms with Gasteiger partial charge in [0, 0.05) is 12.5 Å². The number of rotatable bonds is 8. The molecule has 2 heterocycles. The van der Waals surface area contributed by atoms with Crippen molar-refractivity contribution in [1.82, 2.24) is 25.9 Å². The molecule has 3 atom stereocenters. The molecule has 158 valence electrons. The number of hydrogen-bond donors (Lipinski definition) is 4. The van der Waals surface area contributed by atoms with Crippen molar-refractivity contribution >= 4 is 28.8 Å². The lowest BCUT2D eigenvalue weighted by Gasteiger charge is -2.22. The van der Waals surface area contributed by atoms with Crippen molar-refractivity contribution in [2.24, 2.45) is 11.8 Å². The number of hydrogen-bond acceptors (Lipinski definition) is 5. The van der Waals surface area contributed by atoms with E-state index in [1.807, 2.05) is 38.1 Å². The summed E-state index contributed by atoms with van der Waals surface area (Å²) in [7, 11) is 0. The van der Waals surface area contributed by atoms with E-state index in [9.17, 15) is 19.6 Å². The number of carbonyl (C=O) groups is 3. The van der Waals surface area contributed by atoms with E-state index < -0.39 is 23.9 Å². The summed E-state index contributed by atoms with van der Waals surface area (Å²) in [6, 6.07) is 7.69. The number of nitrogens with zero attached hydrogens (tertiary/aromatic N) is 2. The zero-order chi connectivity index (χ0) is 21.7. The van der Waals surface area contributed by atoms with Crippen molar-refractivity contribution < 1.29 is 14.4 Å². The van der Waals surface area contributed by atoms with Gasteiger partial charge in [-0.15, -0.1) is 0 Å². The van der Waals surface area contributed by atoms with Gasteiger partial charge in [0.25, 0.3) is 5.91 Å². The lowest BCUT2D eigenvalue weighted by molar-refractivity contribution is -0.125. The molecule has 30 heavy (non-hydrogen) atoms. The van der Waals surface area contributed by atoms with Crippen LogP contribution < -0.4 is 16.0 Å². The molecule has 1 fully saturated rings. The average molecular weight is 410 g/mol. The quantitative estimate of drug-likeness (QED) is 0.518. The Kier molecular flexibility index (Phi) is 6.67. The molecule has 1 aromatic carbocycles. The second-order valence-corrected chi connectivity index (χ2v) is 7.96. The number of amides is 3. The topological polar surface area (TPSA) is 140 Å². The van der Waals surface area contributed by atoms with Crippen LogP contribution in [0.15, 0.2) is 24.3 Å². The average Bonchev–Trinajstić information content (AvgIpc) is 3.32. The van der Waals surface area contributed by atoms with Gasteiger partial charge in [0.1, 0.15) is 12.1 Å². The molecule has 1 saturated heterocycles. The molecule has 0 saturated carbocycles. The van der Waals surface area contributed by atoms with Gasteiger partial charge in [-0.05, 0) is 37.3 Å². The molecule has 0 bridgehead atoms. The van der Waals surface area contributed by atoms with Gasteiger partial charge in [0.15, 0.2) is 5.82 Å². The van der Waals surface area contributed by atoms with E-state index in [0.29, 0.717) is 24.9 Å². The maximum atomic E-state index is 12.8. The summed E-state index contributed by atoms with van der Waals surface area (Å²) < 4.78 is 0. The maximum Gasteiger partial charge on any atom is 0.287 e. The largest absolute Gasteiger partial charge is 0.356 e. The minimum absolute atomic E-state index is 0.0959. The fourth-order valence-corrected chi connectivity index (χ4v) is 3.56. The first-order chi connectivity index (χ1) is 14.4. The molecule has 0 radical (unpaired) electrons. The normalized spacial score (nSPS) is 17.9. The van der Waals surface area contributed by atoms with Gasteiger partial charge >= 0.3 is 0 Å². The zero-order valence-electron chi connectivity index (χ0n) is 17.1. The summed E-state index contributed by atoms with van der Waals surface area (Å²) in [5, 5.41) is 17.6. The highest BCUT2D eigenvalue weighted by Gasteiger charge is 2.30. The van der Waals surface area contributed by atoms with Crippen LogP contribution in [-0.2, 0) is 9.59 Å². The Morgan fingerprint density at radius 1 is 1.30 bits per heavy atom. The second-order valence-electron chi connectivity index (χ2n) is 7.96. The van der Waals surface area contributed by atoms with Crippen LogP contribution in [0.25, 0.3) is 11.0 Å². The van der Waals surface area contributed by atoms with Gasteiger partial charge in [-0.25, -0.2) is 4.98 Å². The SMILES string of the molecule is CC(C)CC(NC(=O)c1nc2ccccc2[nH]1)C(=O)NC(C#N)CC1CCNC1=O. The number of nitrogens with one attached hydrogen (secondary N) is 4. The molecule has 1 aromatic heterocycles. The van der Waals surface area contributed by atoms with Gasteiger partial charge in [0.2, 0.25) is 11.8 Å². The zero-order valence-corrected chi connectivity index (χ0v) is 17.1. The highest BCUT2D eigenvalue weighted by atomic mass is 16.2. The Morgan fingerprint density at radius 2 is 2.07 bits per heavy atom. The fraction of sp³-hybridized carbons (Fsp3) is 0.476. The van der Waals surface area contributed by atoms with Crippen LogP contribution in [0.1, 0.15) is 43.7 Å². The first-order valence-electron chi connectivity index (χ1n) is 10.1. The van der Waals surface area contributed by atoms with Crippen molar-refractivity contribution in [2.45, 2.75) is 45.2 Å². The smallest absolute Gasteiger partial charge is 0.287 e. The second kappa shape index (κ2) is 9.39. The molecule has 4 N–H and O–H groups in total. The third-order valence-electron chi connectivity index (χ3n) is 5.09. The Hall–Kier alpha value is -3.41. The van der Waals surface area contributed by atoms with Crippen molar-refractivity contribution in [3.8, 4) is 6.07 Å². The molecule has 2 aromatic rings. The van der Waals surface area contributed by atoms with Crippen LogP contribution in [0.5, 0.6) is 0 Å². The van der Waals surface area contributed by atoms with Gasteiger partial charge in [-0.3, -0.25) is 14.4 Å². The van der Waals surface area contributed by atoms with Crippen LogP contribution in [-0.4, -0.2) is 46.3 Å². The first-order valence-corrected chi connectivity index (χ1v) is 10.1. The number of aromatic amines is 1. The van der Waals surface area contributed by atoms with E-state index in [4.69, 9.17) is 0 Å². The predicted octanol–water partition coefficient (Wildman–Crippen LogP) is 1.24. The van der Waals surface area contributed by atoms with E-state index in [2.05, 4.69) is 25.9 Å². The number of benzene rings is 1. The van der Waals surface area contributed by atoms with E-state index in [-0.39, 0.29) is 30.0 Å². The molecule has 9 nitrogen and oxygen atoms in total. The maximum absolute atomic E-state index is 12.8. The number of nitriles is 1. The van der Waals surface area contributed by atoms with Crippen LogP contribution in [0.3, 0.4) is 0 Å². The summed E-state index contributed by atoms with van der Waals surface area (Å²) in [4.78, 5) is 44.5. The van der Waals surface area contributed by atoms with Gasteiger partial charge in [0.05, 0.1) is 17.1 Å². The molecule has 1 aliphatic heterocycles. The van der Waals surface area contributed by atoms with Crippen molar-refractivity contribution in [3.05, 3.63) is 30.1 Å². The minimum Gasteiger partial charge on any atom is -0.356 e. The lowest BCUT2D eigenvalue weighted by atomic mass is 9.98. The summed E-state index contributed by atoms with van der Waals surface area (Å²) >= 11 is 0. The fourth-order valence-electron chi connectivity index (χ4n) is 3.56. The van der Waals surface area contributed by atoms with Crippen LogP contribution in [0, 0.1) is 23.2 Å². The number of aromatic nitrogens is 2. The molecular weight excluding hydrogens is 384 g/mol. The number of para-hydroxylation sites is 2. The molecule has 3 unspecified atom stereocenters. The highest BCUT2D eigenvalue weighted by Crippen LogP contribution is 2.16. The molecule has 1 aliphatic rings. The predicted molar refractivity (Wildman–Crippen MR) is 110 cm³/mol. The van der Waals surface area contributed by atoms with Gasteiger partial charge in [-0.2, -0.15) is 5.26 Å². The summed E-state index contributed by atoms with van der Waals surface area (Å²) in [5.74, 6) is -1.06. The standard InChI is InChI=1S/C21H26N6O3/c1-12(2)9-17(20(29)24-14(11-22)10-13-7-8-23-19(13)28)27-21(30)18-25-15-5-3-4-6-16(15)26-18/h3-6,12-14,17H,7-10H2,1-2H3,(H,23,28)(H,24,29)(H,25,26)(H,27,30). The number of H-pyrrole nitrogens is 1. The monoisotopic (exact) mass is 410 g/mol. The molecule has 3 rings (SSSR count). The van der Waals surface area contributed by atoms with Gasteiger partial charge in [-0.1, -0.05) is 26.0 Å². The van der Waals surface area contributed by atoms with Crippen LogP contribution in [0.4, 0.5) is 0 Å². The molecule has 3 amide bonds. The van der Waals surface area contributed by atoms with E-state index in [1.165, 1.54) is 0 Å². The minimum atomic E-state index is -0.820. The Labute approximate surface area is 174 Å². The first kappa shape index (κ1) is 21.3. The summed E-state index contributed by atoms with van der Waals surface area (Å²) in [6.45, 7) is 4.47. The van der Waals surface area contributed by atoms with E-state index in [1.54, 1.807) is 6.07 Å². The molecule has 9 heteroatoms. The van der Waals surface area contributed by atoms with Crippen LogP contribution >= 0.6 is 0 Å². The third-order valence-corrected chi connectivity index (χ3v) is 5.09. The Balaban J connectivity index is 1.67. The number of fused-ring (bicyclic) bond motifs is 1. The highest BCUT2D eigenvalue weighted by molar-refractivity contribution is 5.97. The van der Waals surface area contributed by atoms with E-state index >= 15 is 0 Å². The summed E-state index contributed by atoms with van der Waals surface area (Å²) in [6.07, 6.45) is 1.30. The van der Waals surface area contributed by atoms with Crippen molar-refractivity contribution in [1.29, 1.82) is 5.26 Å². The van der Waals surface area contributed by atoms with Gasteiger partial charge < -0.3 is 20.9 Å². The number of carbonyl (C=O) groups excluding carboxylic acids is 3. The molecular formula is C21H26N6O3. The Bertz CT molecular complexity index is 944. The molecule has 0 aliphatic carbocycles. The van der Waals surface area contributed by atoms with E-state index in [0.717, 1.165) is 5.52 Å². The van der Waals surface area contributed by atoms with Crippen molar-refractivity contribution in [3.63, 3.8) is 0 Å². The summed E-state index contributed by atoms with van der Waals surface area (Å²) in [5.41, 5.74) is 1.39. The van der Waals surface area contributed by atoms with Crippen molar-refractivity contribution in [2.75, 3.05) is 6.54 Å². The Morgan fingerprint density at radius 3 is 2.70 bits per heavy atom. The third kappa shape index (κ3) is 5.14. The number of imidazole rings is 1. The molecule has 0 spiro atoms. The lowest BCUT2D eigenvalue weighted by Crippen LogP contribution is -2.50.